The molecule has 1 heterocycles. The lowest BCUT2D eigenvalue weighted by molar-refractivity contribution is 1.08. The fourth-order valence-corrected chi connectivity index (χ4v) is 3.30. The predicted molar refractivity (Wildman–Crippen MR) is 118 cm³/mol. The third-order valence-corrected chi connectivity index (χ3v) is 4.69. The van der Waals surface area contributed by atoms with Crippen LogP contribution in [0.3, 0.4) is 0 Å². The summed E-state index contributed by atoms with van der Waals surface area (Å²) in [6, 6.07) is 21.8. The standard InChI is InChI=1S/C27H23N/c1-21-12-11-19-28-26(21)20-25(22-13-5-2-6-14-22)27(23-15-7-3-8-16-23)24-17-9-4-10-18-24/h2-19H,20H2,1H3/i2D,5D,6D,13D,14D. The van der Waals surface area contributed by atoms with E-state index < -0.39 is 6.04 Å². The Balaban J connectivity index is 2.15. The molecule has 0 bridgehead atoms. The SMILES string of the molecule is [2H]c1c([2H])c([2H])c(C(Cc2ncccc2C)=C(c2ccccc2)c2ccccc2)c([2H])c1[2H]. The van der Waals surface area contributed by atoms with E-state index in [1.807, 2.05) is 79.7 Å². The molecule has 0 atom stereocenters. The molecule has 4 rings (SSSR count). The number of hydrogen-bond acceptors (Lipinski definition) is 1. The lowest BCUT2D eigenvalue weighted by Crippen LogP contribution is -2.01. The van der Waals surface area contributed by atoms with Gasteiger partial charge in [0.15, 0.2) is 0 Å². The van der Waals surface area contributed by atoms with Gasteiger partial charge in [0, 0.05) is 18.3 Å². The molecule has 0 radical (unpaired) electrons. The number of rotatable bonds is 5. The van der Waals surface area contributed by atoms with Crippen molar-refractivity contribution in [1.82, 2.24) is 4.98 Å². The minimum Gasteiger partial charge on any atom is -0.261 e. The lowest BCUT2D eigenvalue weighted by Gasteiger charge is -2.18. The average Bonchev–Trinajstić information content (AvgIpc) is 2.84. The number of benzene rings is 3. The van der Waals surface area contributed by atoms with Crippen LogP contribution in [0.5, 0.6) is 0 Å². The molecule has 0 saturated carbocycles. The van der Waals surface area contributed by atoms with Gasteiger partial charge >= 0.3 is 0 Å². The zero-order valence-electron chi connectivity index (χ0n) is 20.7. The molecular formula is C27H23N. The summed E-state index contributed by atoms with van der Waals surface area (Å²) >= 11 is 0. The summed E-state index contributed by atoms with van der Waals surface area (Å²) in [4.78, 5) is 4.55. The molecule has 0 saturated heterocycles. The number of aromatic nitrogens is 1. The highest BCUT2D eigenvalue weighted by Gasteiger charge is 2.15. The van der Waals surface area contributed by atoms with Crippen LogP contribution in [-0.4, -0.2) is 4.98 Å². The third kappa shape index (κ3) is 3.94. The Labute approximate surface area is 174 Å². The first-order valence-electron chi connectivity index (χ1n) is 11.7. The van der Waals surface area contributed by atoms with Crippen molar-refractivity contribution >= 4 is 11.1 Å². The summed E-state index contributed by atoms with van der Waals surface area (Å²) in [5.74, 6) is 0. The molecule has 0 unspecified atom stereocenters. The van der Waals surface area contributed by atoms with Gasteiger partial charge in [-0.05, 0) is 46.4 Å². The van der Waals surface area contributed by atoms with Crippen LogP contribution in [0.15, 0.2) is 109 Å². The van der Waals surface area contributed by atoms with Gasteiger partial charge < -0.3 is 0 Å². The molecule has 1 nitrogen and oxygen atoms in total. The van der Waals surface area contributed by atoms with Crippen molar-refractivity contribution in [2.45, 2.75) is 13.3 Å². The summed E-state index contributed by atoms with van der Waals surface area (Å²) < 4.78 is 41.9. The molecule has 0 aliphatic carbocycles. The first-order valence-corrected chi connectivity index (χ1v) is 9.22. The van der Waals surface area contributed by atoms with E-state index in [0.29, 0.717) is 12.0 Å². The molecule has 4 aromatic rings. The van der Waals surface area contributed by atoms with E-state index in [0.717, 1.165) is 28.0 Å². The minimum absolute atomic E-state index is 0.203. The molecule has 1 aromatic heterocycles. The maximum absolute atomic E-state index is 8.68. The topological polar surface area (TPSA) is 12.9 Å². The number of hydrogen-bond donors (Lipinski definition) is 0. The monoisotopic (exact) mass is 366 g/mol. The van der Waals surface area contributed by atoms with Crippen LogP contribution in [0.25, 0.3) is 11.1 Å². The third-order valence-electron chi connectivity index (χ3n) is 4.69. The molecule has 0 aliphatic heterocycles. The summed E-state index contributed by atoms with van der Waals surface area (Å²) in [6.07, 6.45) is 2.03. The van der Waals surface area contributed by atoms with E-state index in [1.165, 1.54) is 0 Å². The normalized spacial score (nSPS) is 13.0. The molecule has 0 aliphatic rings. The van der Waals surface area contributed by atoms with Gasteiger partial charge in [-0.15, -0.1) is 0 Å². The van der Waals surface area contributed by atoms with E-state index in [1.54, 1.807) is 6.20 Å². The summed E-state index contributed by atoms with van der Waals surface area (Å²) in [6.45, 7) is 1.96. The first kappa shape index (κ1) is 12.9. The van der Waals surface area contributed by atoms with Crippen LogP contribution in [-0.2, 0) is 6.42 Å². The second-order valence-corrected chi connectivity index (χ2v) is 6.53. The molecule has 0 fully saturated rings. The highest BCUT2D eigenvalue weighted by Crippen LogP contribution is 2.34. The molecule has 0 spiro atoms. The van der Waals surface area contributed by atoms with Gasteiger partial charge in [-0.1, -0.05) is 96.9 Å². The van der Waals surface area contributed by atoms with Crippen molar-refractivity contribution in [1.29, 1.82) is 0 Å². The van der Waals surface area contributed by atoms with Gasteiger partial charge in [-0.25, -0.2) is 0 Å². The molecular weight excluding hydrogens is 338 g/mol. The van der Waals surface area contributed by atoms with Gasteiger partial charge in [0.05, 0.1) is 6.85 Å². The number of pyridine rings is 1. The van der Waals surface area contributed by atoms with Crippen molar-refractivity contribution in [2.24, 2.45) is 0 Å². The van der Waals surface area contributed by atoms with Crippen molar-refractivity contribution in [2.75, 3.05) is 0 Å². The van der Waals surface area contributed by atoms with Crippen LogP contribution in [0.2, 0.25) is 0 Å². The number of allylic oxidation sites excluding steroid dienone is 1. The number of aryl methyl sites for hydroxylation is 1. The summed E-state index contributed by atoms with van der Waals surface area (Å²) in [5, 5.41) is 0. The van der Waals surface area contributed by atoms with Crippen LogP contribution in [0.1, 0.15) is 34.8 Å². The largest absolute Gasteiger partial charge is 0.261 e. The minimum atomic E-state index is -0.400. The Hall–Kier alpha value is -3.45. The first-order chi connectivity index (χ1) is 15.9. The Bertz CT molecular complexity index is 1260. The Morgan fingerprint density at radius 3 is 1.93 bits per heavy atom. The maximum atomic E-state index is 8.68. The van der Waals surface area contributed by atoms with Gasteiger partial charge in [0.1, 0.15) is 0 Å². The highest BCUT2D eigenvalue weighted by atomic mass is 14.7. The lowest BCUT2D eigenvalue weighted by atomic mass is 9.86. The van der Waals surface area contributed by atoms with Crippen molar-refractivity contribution in [3.05, 3.63) is 137 Å². The predicted octanol–water partition coefficient (Wildman–Crippen LogP) is 6.59. The molecule has 1 heteroatoms. The van der Waals surface area contributed by atoms with E-state index in [4.69, 9.17) is 6.85 Å². The Kier molecular flexibility index (Phi) is 3.90. The fourth-order valence-electron chi connectivity index (χ4n) is 3.30. The van der Waals surface area contributed by atoms with E-state index >= 15 is 0 Å². The van der Waals surface area contributed by atoms with Crippen LogP contribution in [0, 0.1) is 6.92 Å². The zero-order chi connectivity index (χ0) is 23.5. The van der Waals surface area contributed by atoms with Gasteiger partial charge in [0.25, 0.3) is 0 Å². The van der Waals surface area contributed by atoms with E-state index in [-0.39, 0.29) is 29.7 Å². The zero-order valence-corrected chi connectivity index (χ0v) is 15.7. The van der Waals surface area contributed by atoms with Gasteiger partial charge in [-0.3, -0.25) is 4.98 Å². The van der Waals surface area contributed by atoms with E-state index in [9.17, 15) is 0 Å². The quantitative estimate of drug-likeness (QED) is 0.363. The fraction of sp³-hybridized carbons (Fsp3) is 0.0741. The summed E-state index contributed by atoms with van der Waals surface area (Å²) in [7, 11) is 0. The Morgan fingerprint density at radius 2 is 1.36 bits per heavy atom. The van der Waals surface area contributed by atoms with Crippen molar-refractivity contribution in [3.8, 4) is 0 Å². The molecule has 0 N–H and O–H groups in total. The Morgan fingerprint density at radius 1 is 0.750 bits per heavy atom. The van der Waals surface area contributed by atoms with Gasteiger partial charge in [-0.2, -0.15) is 0 Å². The van der Waals surface area contributed by atoms with E-state index in [2.05, 4.69) is 4.98 Å². The second kappa shape index (κ2) is 8.49. The van der Waals surface area contributed by atoms with Crippen LogP contribution < -0.4 is 0 Å². The maximum Gasteiger partial charge on any atom is 0.0629 e. The molecule has 0 amide bonds. The molecule has 28 heavy (non-hydrogen) atoms. The highest BCUT2D eigenvalue weighted by molar-refractivity contribution is 5.99. The second-order valence-electron chi connectivity index (χ2n) is 6.53. The van der Waals surface area contributed by atoms with Crippen LogP contribution >= 0.6 is 0 Å². The average molecular weight is 367 g/mol. The van der Waals surface area contributed by atoms with Gasteiger partial charge in [0.2, 0.25) is 0 Å². The van der Waals surface area contributed by atoms with Crippen molar-refractivity contribution in [3.63, 3.8) is 0 Å². The number of nitrogens with zero attached hydrogens (tertiary/aromatic N) is 1. The molecule has 3 aromatic carbocycles. The smallest absolute Gasteiger partial charge is 0.0629 e. The van der Waals surface area contributed by atoms with Crippen LogP contribution in [0.4, 0.5) is 0 Å². The van der Waals surface area contributed by atoms with Crippen molar-refractivity contribution < 1.29 is 6.85 Å². The molecule has 136 valence electrons. The summed E-state index contributed by atoms with van der Waals surface area (Å²) in [5.41, 5.74) is 5.24.